The van der Waals surface area contributed by atoms with Crippen molar-refractivity contribution in [2.45, 2.75) is 70.5 Å². The van der Waals surface area contributed by atoms with Crippen LogP contribution in [0.5, 0.6) is 0 Å². The van der Waals surface area contributed by atoms with E-state index in [-0.39, 0.29) is 17.3 Å². The fourth-order valence-electron chi connectivity index (χ4n) is 3.05. The molecule has 1 heterocycles. The molecule has 2 aromatic rings. The number of benzene rings is 1. The Kier molecular flexibility index (Phi) is 9.00. The summed E-state index contributed by atoms with van der Waals surface area (Å²) < 4.78 is 27.6. The van der Waals surface area contributed by atoms with E-state index < -0.39 is 34.1 Å². The molecule has 2 rings (SSSR count). The maximum atomic E-state index is 13.2. The van der Waals surface area contributed by atoms with Crippen LogP contribution < -0.4 is 10.0 Å². The molecule has 0 aliphatic carbocycles. The monoisotopic (exact) mass is 479 g/mol. The molecule has 0 spiro atoms. The fourth-order valence-corrected chi connectivity index (χ4v) is 4.73. The highest BCUT2D eigenvalue weighted by Crippen LogP contribution is 2.18. The standard InChI is InChI=1S/C23H33N3O4S2/c1-6-20(22(28)25-23(4,5)7-2)26(16-18-9-8-14-31-18)21(27)15-24-32(29,30)19-12-10-17(3)11-13-19/h8-14,20,24H,6-7,15-16H2,1-5H3,(H,25,28)/t20-/m1/s1. The molecule has 0 unspecified atom stereocenters. The molecule has 0 aliphatic rings. The summed E-state index contributed by atoms with van der Waals surface area (Å²) in [5.41, 5.74) is 0.531. The predicted octanol–water partition coefficient (Wildman–Crippen LogP) is 3.45. The normalized spacial score (nSPS) is 12.9. The lowest BCUT2D eigenvalue weighted by atomic mass is 10.0. The van der Waals surface area contributed by atoms with E-state index in [4.69, 9.17) is 0 Å². The second kappa shape index (κ2) is 11.1. The maximum absolute atomic E-state index is 13.2. The van der Waals surface area contributed by atoms with Gasteiger partial charge in [0.25, 0.3) is 0 Å². The number of sulfonamides is 1. The summed E-state index contributed by atoms with van der Waals surface area (Å²) in [5, 5.41) is 4.91. The van der Waals surface area contributed by atoms with Crippen LogP contribution in [0.2, 0.25) is 0 Å². The van der Waals surface area contributed by atoms with Crippen LogP contribution in [0.4, 0.5) is 0 Å². The lowest BCUT2D eigenvalue weighted by Crippen LogP contribution is -2.55. The molecule has 0 aliphatic heterocycles. The summed E-state index contributed by atoms with van der Waals surface area (Å²) in [4.78, 5) is 28.7. The molecule has 0 saturated carbocycles. The first kappa shape index (κ1) is 26.0. The molecular weight excluding hydrogens is 446 g/mol. The molecule has 0 fully saturated rings. The van der Waals surface area contributed by atoms with Gasteiger partial charge in [-0.3, -0.25) is 9.59 Å². The highest BCUT2D eigenvalue weighted by molar-refractivity contribution is 7.89. The highest BCUT2D eigenvalue weighted by Gasteiger charge is 2.32. The van der Waals surface area contributed by atoms with Gasteiger partial charge >= 0.3 is 0 Å². The van der Waals surface area contributed by atoms with E-state index in [1.807, 2.05) is 52.1 Å². The van der Waals surface area contributed by atoms with Crippen molar-refractivity contribution in [2.24, 2.45) is 0 Å². The van der Waals surface area contributed by atoms with Gasteiger partial charge in [-0.2, -0.15) is 0 Å². The minimum absolute atomic E-state index is 0.0928. The highest BCUT2D eigenvalue weighted by atomic mass is 32.2. The van der Waals surface area contributed by atoms with E-state index in [0.717, 1.165) is 16.9 Å². The van der Waals surface area contributed by atoms with Gasteiger partial charge in [0.2, 0.25) is 21.8 Å². The third-order valence-electron chi connectivity index (χ3n) is 5.38. The van der Waals surface area contributed by atoms with Gasteiger partial charge in [0, 0.05) is 10.4 Å². The number of hydrogen-bond acceptors (Lipinski definition) is 5. The molecule has 2 N–H and O–H groups in total. The minimum atomic E-state index is -3.85. The molecule has 0 bridgehead atoms. The smallest absolute Gasteiger partial charge is 0.243 e. The Morgan fingerprint density at radius 1 is 1.12 bits per heavy atom. The van der Waals surface area contributed by atoms with Crippen molar-refractivity contribution >= 4 is 33.2 Å². The zero-order valence-corrected chi connectivity index (χ0v) is 21.0. The lowest BCUT2D eigenvalue weighted by molar-refractivity contribution is -0.141. The van der Waals surface area contributed by atoms with Gasteiger partial charge < -0.3 is 10.2 Å². The SMILES string of the molecule is CC[C@H](C(=O)NC(C)(C)CC)N(Cc1cccs1)C(=O)CNS(=O)(=O)c1ccc(C)cc1. The number of hydrogen-bond donors (Lipinski definition) is 2. The molecule has 32 heavy (non-hydrogen) atoms. The Morgan fingerprint density at radius 3 is 2.31 bits per heavy atom. The Morgan fingerprint density at radius 2 is 1.78 bits per heavy atom. The fraction of sp³-hybridized carbons (Fsp3) is 0.478. The van der Waals surface area contributed by atoms with Crippen LogP contribution in [0, 0.1) is 6.92 Å². The van der Waals surface area contributed by atoms with Crippen molar-refractivity contribution in [3.05, 3.63) is 52.2 Å². The minimum Gasteiger partial charge on any atom is -0.349 e. The first-order valence-electron chi connectivity index (χ1n) is 10.7. The third-order valence-corrected chi connectivity index (χ3v) is 7.66. The van der Waals surface area contributed by atoms with Crippen LogP contribution in [-0.4, -0.2) is 43.3 Å². The van der Waals surface area contributed by atoms with Gasteiger partial charge in [-0.15, -0.1) is 11.3 Å². The number of carbonyl (C=O) groups is 2. The van der Waals surface area contributed by atoms with E-state index in [2.05, 4.69) is 10.0 Å². The average molecular weight is 480 g/mol. The maximum Gasteiger partial charge on any atom is 0.243 e. The molecule has 176 valence electrons. The number of rotatable bonds is 11. The molecule has 9 heteroatoms. The van der Waals surface area contributed by atoms with Crippen LogP contribution in [0.25, 0.3) is 0 Å². The van der Waals surface area contributed by atoms with Crippen LogP contribution in [0.15, 0.2) is 46.7 Å². The molecule has 0 saturated heterocycles. The molecule has 7 nitrogen and oxygen atoms in total. The summed E-state index contributed by atoms with van der Waals surface area (Å²) in [5.74, 6) is -0.698. The van der Waals surface area contributed by atoms with Gasteiger partial charge in [0.1, 0.15) is 6.04 Å². The van der Waals surface area contributed by atoms with E-state index in [9.17, 15) is 18.0 Å². The Labute approximate surface area is 195 Å². The van der Waals surface area contributed by atoms with Crippen molar-refractivity contribution in [1.82, 2.24) is 14.9 Å². The van der Waals surface area contributed by atoms with Crippen LogP contribution in [0.1, 0.15) is 51.0 Å². The number of carbonyl (C=O) groups excluding carboxylic acids is 2. The van der Waals surface area contributed by atoms with Crippen molar-refractivity contribution in [3.63, 3.8) is 0 Å². The van der Waals surface area contributed by atoms with Gasteiger partial charge in [0.15, 0.2) is 0 Å². The molecule has 2 amide bonds. The number of amides is 2. The predicted molar refractivity (Wildman–Crippen MR) is 128 cm³/mol. The zero-order valence-electron chi connectivity index (χ0n) is 19.3. The van der Waals surface area contributed by atoms with E-state index in [1.165, 1.54) is 28.4 Å². The molecule has 1 aromatic carbocycles. The van der Waals surface area contributed by atoms with Gasteiger partial charge in [-0.1, -0.05) is 37.6 Å². The Balaban J connectivity index is 2.21. The van der Waals surface area contributed by atoms with Gasteiger partial charge in [0.05, 0.1) is 18.0 Å². The topological polar surface area (TPSA) is 95.6 Å². The van der Waals surface area contributed by atoms with Crippen molar-refractivity contribution in [2.75, 3.05) is 6.54 Å². The number of aryl methyl sites for hydroxylation is 1. The summed E-state index contributed by atoms with van der Waals surface area (Å²) in [6, 6.07) is 9.46. The van der Waals surface area contributed by atoms with Crippen LogP contribution in [0.3, 0.4) is 0 Å². The van der Waals surface area contributed by atoms with Crippen molar-refractivity contribution < 1.29 is 18.0 Å². The number of thiophene rings is 1. The van der Waals surface area contributed by atoms with E-state index in [1.54, 1.807) is 12.1 Å². The third kappa shape index (κ3) is 7.15. The zero-order chi connectivity index (χ0) is 23.9. The lowest BCUT2D eigenvalue weighted by Gasteiger charge is -2.33. The van der Waals surface area contributed by atoms with E-state index >= 15 is 0 Å². The quantitative estimate of drug-likeness (QED) is 0.516. The summed E-state index contributed by atoms with van der Waals surface area (Å²) >= 11 is 1.48. The summed E-state index contributed by atoms with van der Waals surface area (Å²) in [7, 11) is -3.85. The summed E-state index contributed by atoms with van der Waals surface area (Å²) in [6.07, 6.45) is 1.15. The first-order chi connectivity index (χ1) is 15.0. The first-order valence-corrected chi connectivity index (χ1v) is 13.1. The van der Waals surface area contributed by atoms with Gasteiger partial charge in [-0.25, -0.2) is 13.1 Å². The average Bonchev–Trinajstić information content (AvgIpc) is 3.25. The second-order valence-corrected chi connectivity index (χ2v) is 11.2. The Hall–Kier alpha value is -2.23. The largest absolute Gasteiger partial charge is 0.349 e. The molecule has 1 aromatic heterocycles. The molecule has 0 radical (unpaired) electrons. The Bertz CT molecular complexity index is 1000. The molecular formula is C23H33N3O4S2. The van der Waals surface area contributed by atoms with Gasteiger partial charge in [-0.05, 0) is 57.2 Å². The van der Waals surface area contributed by atoms with E-state index in [0.29, 0.717) is 6.42 Å². The van der Waals surface area contributed by atoms with Crippen LogP contribution >= 0.6 is 11.3 Å². The number of nitrogens with zero attached hydrogens (tertiary/aromatic N) is 1. The van der Waals surface area contributed by atoms with Crippen molar-refractivity contribution in [3.8, 4) is 0 Å². The summed E-state index contributed by atoms with van der Waals surface area (Å²) in [6.45, 7) is 9.36. The van der Waals surface area contributed by atoms with Crippen LogP contribution in [-0.2, 0) is 26.2 Å². The molecule has 1 atom stereocenters. The van der Waals surface area contributed by atoms with Crippen molar-refractivity contribution in [1.29, 1.82) is 0 Å². The number of nitrogens with one attached hydrogen (secondary N) is 2. The second-order valence-electron chi connectivity index (χ2n) is 8.39.